The molecule has 2 heterocycles. The van der Waals surface area contributed by atoms with Crippen molar-refractivity contribution in [1.82, 2.24) is 9.80 Å². The second kappa shape index (κ2) is 9.81. The second-order valence-electron chi connectivity index (χ2n) is 7.98. The molecule has 0 aliphatic carbocycles. The molecule has 0 unspecified atom stereocenters. The lowest BCUT2D eigenvalue weighted by Gasteiger charge is -2.37. The van der Waals surface area contributed by atoms with E-state index in [0.717, 1.165) is 45.9 Å². The Morgan fingerprint density at radius 2 is 1.69 bits per heavy atom. The van der Waals surface area contributed by atoms with E-state index in [-0.39, 0.29) is 6.61 Å². The minimum absolute atomic E-state index is 0.279. The Morgan fingerprint density at radius 1 is 1.00 bits per heavy atom. The summed E-state index contributed by atoms with van der Waals surface area (Å²) in [6, 6.07) is 10.3. The molecule has 5 nitrogen and oxygen atoms in total. The molecule has 4 atom stereocenters. The molecule has 2 aliphatic rings. The lowest BCUT2D eigenvalue weighted by atomic mass is 9.96. The first-order valence-corrected chi connectivity index (χ1v) is 9.96. The molecule has 0 aromatic heterocycles. The van der Waals surface area contributed by atoms with Crippen LogP contribution in [0.25, 0.3) is 0 Å². The molecule has 1 aromatic carbocycles. The van der Waals surface area contributed by atoms with Crippen LogP contribution in [-0.4, -0.2) is 79.6 Å². The summed E-state index contributed by atoms with van der Waals surface area (Å²) in [5.41, 5.74) is 1.22. The standard InChI is InChI=1S/C21H34N2O3/c1-17-10-23(11-18(2)26-17)13-20-12-22(14-21(20)15-24)8-9-25-16-19-6-4-3-5-7-19/h3-7,17-18,20-21,24H,8-16H2,1-2H3/t17-,18+,20-,21+/m0/s1. The van der Waals surface area contributed by atoms with Crippen LogP contribution in [0.15, 0.2) is 30.3 Å². The molecule has 146 valence electrons. The van der Waals surface area contributed by atoms with Gasteiger partial charge in [0.1, 0.15) is 0 Å². The molecule has 1 aromatic rings. The molecule has 0 bridgehead atoms. The van der Waals surface area contributed by atoms with Gasteiger partial charge in [0.2, 0.25) is 0 Å². The third-order valence-corrected chi connectivity index (χ3v) is 5.54. The molecule has 1 N–H and O–H groups in total. The highest BCUT2D eigenvalue weighted by molar-refractivity contribution is 5.13. The normalized spacial score (nSPS) is 30.7. The quantitative estimate of drug-likeness (QED) is 0.715. The Bertz CT molecular complexity index is 517. The predicted molar refractivity (Wildman–Crippen MR) is 103 cm³/mol. The molecule has 3 rings (SSSR count). The molecule has 26 heavy (non-hydrogen) atoms. The fourth-order valence-corrected chi connectivity index (χ4v) is 4.36. The molecule has 0 radical (unpaired) electrons. The predicted octanol–water partition coefficient (Wildman–Crippen LogP) is 1.85. The molecule has 0 amide bonds. The summed E-state index contributed by atoms with van der Waals surface area (Å²) in [5.74, 6) is 0.907. The first-order chi connectivity index (χ1) is 12.6. The van der Waals surface area contributed by atoms with Gasteiger partial charge in [-0.2, -0.15) is 0 Å². The van der Waals surface area contributed by atoms with Crippen molar-refractivity contribution < 1.29 is 14.6 Å². The second-order valence-corrected chi connectivity index (χ2v) is 7.98. The largest absolute Gasteiger partial charge is 0.396 e. The summed E-state index contributed by atoms with van der Waals surface area (Å²) in [6.07, 6.45) is 0.602. The van der Waals surface area contributed by atoms with Crippen LogP contribution in [-0.2, 0) is 16.1 Å². The lowest BCUT2D eigenvalue weighted by molar-refractivity contribution is -0.0727. The molecule has 2 aliphatic heterocycles. The van der Waals surface area contributed by atoms with E-state index in [2.05, 4.69) is 35.8 Å². The number of ether oxygens (including phenoxy) is 2. The molecular weight excluding hydrogens is 328 g/mol. The highest BCUT2D eigenvalue weighted by atomic mass is 16.5. The number of hydrogen-bond acceptors (Lipinski definition) is 5. The van der Waals surface area contributed by atoms with Crippen LogP contribution in [0.4, 0.5) is 0 Å². The third-order valence-electron chi connectivity index (χ3n) is 5.54. The van der Waals surface area contributed by atoms with E-state index in [9.17, 15) is 5.11 Å². The van der Waals surface area contributed by atoms with Gasteiger partial charge < -0.3 is 19.5 Å². The number of hydrogen-bond donors (Lipinski definition) is 1. The van der Waals surface area contributed by atoms with Crippen LogP contribution in [0, 0.1) is 11.8 Å². The Labute approximate surface area is 157 Å². The summed E-state index contributed by atoms with van der Waals surface area (Å²) in [7, 11) is 0. The van der Waals surface area contributed by atoms with Crippen molar-refractivity contribution >= 4 is 0 Å². The highest BCUT2D eigenvalue weighted by Crippen LogP contribution is 2.25. The smallest absolute Gasteiger partial charge is 0.0717 e. The van der Waals surface area contributed by atoms with Crippen LogP contribution >= 0.6 is 0 Å². The van der Waals surface area contributed by atoms with Crippen LogP contribution in [0.3, 0.4) is 0 Å². The maximum atomic E-state index is 9.81. The van der Waals surface area contributed by atoms with Crippen molar-refractivity contribution in [3.05, 3.63) is 35.9 Å². The topological polar surface area (TPSA) is 45.2 Å². The molecule has 0 spiro atoms. The van der Waals surface area contributed by atoms with Gasteiger partial charge in [-0.25, -0.2) is 0 Å². The third kappa shape index (κ3) is 5.76. The van der Waals surface area contributed by atoms with E-state index in [1.165, 1.54) is 5.56 Å². The van der Waals surface area contributed by atoms with Crippen LogP contribution in [0.5, 0.6) is 0 Å². The van der Waals surface area contributed by atoms with Gasteiger partial charge in [0, 0.05) is 45.9 Å². The summed E-state index contributed by atoms with van der Waals surface area (Å²) < 4.78 is 11.7. The van der Waals surface area contributed by atoms with Crippen molar-refractivity contribution in [2.45, 2.75) is 32.7 Å². The van der Waals surface area contributed by atoms with Gasteiger partial charge in [0.15, 0.2) is 0 Å². The lowest BCUT2D eigenvalue weighted by Crippen LogP contribution is -2.48. The summed E-state index contributed by atoms with van der Waals surface area (Å²) in [4.78, 5) is 4.96. The first-order valence-electron chi connectivity index (χ1n) is 9.96. The summed E-state index contributed by atoms with van der Waals surface area (Å²) in [6.45, 7) is 12.0. The zero-order valence-electron chi connectivity index (χ0n) is 16.2. The fraction of sp³-hybridized carbons (Fsp3) is 0.714. The van der Waals surface area contributed by atoms with Crippen LogP contribution in [0.1, 0.15) is 19.4 Å². The minimum Gasteiger partial charge on any atom is -0.396 e. The molecular formula is C21H34N2O3. The van der Waals surface area contributed by atoms with E-state index in [1.807, 2.05) is 18.2 Å². The number of aliphatic hydroxyl groups excluding tert-OH is 1. The monoisotopic (exact) mass is 362 g/mol. The Hall–Kier alpha value is -0.980. The van der Waals surface area contributed by atoms with E-state index < -0.39 is 0 Å². The first kappa shape index (κ1) is 19.8. The van der Waals surface area contributed by atoms with E-state index in [0.29, 0.717) is 30.7 Å². The zero-order chi connectivity index (χ0) is 18.4. The van der Waals surface area contributed by atoms with Gasteiger partial charge in [0.25, 0.3) is 0 Å². The number of benzene rings is 1. The summed E-state index contributed by atoms with van der Waals surface area (Å²) >= 11 is 0. The van der Waals surface area contributed by atoms with Crippen molar-refractivity contribution in [2.24, 2.45) is 11.8 Å². The van der Waals surface area contributed by atoms with Gasteiger partial charge in [0.05, 0.1) is 25.4 Å². The Morgan fingerprint density at radius 3 is 2.38 bits per heavy atom. The molecule has 0 saturated carbocycles. The average Bonchev–Trinajstić information content (AvgIpc) is 3.00. The maximum Gasteiger partial charge on any atom is 0.0717 e. The van der Waals surface area contributed by atoms with Gasteiger partial charge in [-0.05, 0) is 31.2 Å². The molecule has 2 fully saturated rings. The van der Waals surface area contributed by atoms with E-state index in [4.69, 9.17) is 9.47 Å². The highest BCUT2D eigenvalue weighted by Gasteiger charge is 2.34. The van der Waals surface area contributed by atoms with Gasteiger partial charge in [-0.3, -0.25) is 4.90 Å². The number of nitrogens with zero attached hydrogens (tertiary/aromatic N) is 2. The SMILES string of the molecule is C[C@@H]1CN(C[C@@H]2CN(CCOCc3ccccc3)C[C@@H]2CO)C[C@H](C)O1. The van der Waals surface area contributed by atoms with E-state index >= 15 is 0 Å². The number of rotatable bonds is 8. The number of likely N-dealkylation sites (tertiary alicyclic amines) is 1. The van der Waals surface area contributed by atoms with E-state index in [1.54, 1.807) is 0 Å². The fourth-order valence-electron chi connectivity index (χ4n) is 4.36. The van der Waals surface area contributed by atoms with Gasteiger partial charge in [-0.15, -0.1) is 0 Å². The zero-order valence-corrected chi connectivity index (χ0v) is 16.2. The Balaban J connectivity index is 1.40. The summed E-state index contributed by atoms with van der Waals surface area (Å²) in [5, 5.41) is 9.81. The van der Waals surface area contributed by atoms with Crippen molar-refractivity contribution in [1.29, 1.82) is 0 Å². The van der Waals surface area contributed by atoms with Crippen LogP contribution < -0.4 is 0 Å². The van der Waals surface area contributed by atoms with Gasteiger partial charge >= 0.3 is 0 Å². The van der Waals surface area contributed by atoms with Crippen molar-refractivity contribution in [3.8, 4) is 0 Å². The average molecular weight is 363 g/mol. The number of aliphatic hydroxyl groups is 1. The number of morpholine rings is 1. The maximum absolute atomic E-state index is 9.81. The van der Waals surface area contributed by atoms with Crippen LogP contribution in [0.2, 0.25) is 0 Å². The van der Waals surface area contributed by atoms with Gasteiger partial charge in [-0.1, -0.05) is 30.3 Å². The Kier molecular flexibility index (Phi) is 7.46. The molecule has 2 saturated heterocycles. The minimum atomic E-state index is 0.279. The molecule has 5 heteroatoms. The van der Waals surface area contributed by atoms with Crippen molar-refractivity contribution in [2.75, 3.05) is 52.5 Å². The van der Waals surface area contributed by atoms with Crippen molar-refractivity contribution in [3.63, 3.8) is 0 Å².